The third-order valence-corrected chi connectivity index (χ3v) is 6.79. The lowest BCUT2D eigenvalue weighted by molar-refractivity contribution is -0.148. The van der Waals surface area contributed by atoms with Crippen LogP contribution < -0.4 is 10.2 Å². The lowest BCUT2D eigenvalue weighted by Gasteiger charge is -2.31. The van der Waals surface area contributed by atoms with E-state index in [0.29, 0.717) is 46.1 Å². The molecule has 1 fully saturated rings. The van der Waals surface area contributed by atoms with Gasteiger partial charge in [0.2, 0.25) is 0 Å². The van der Waals surface area contributed by atoms with Crippen LogP contribution in [0.5, 0.6) is 0 Å². The Hall–Kier alpha value is -2.83. The van der Waals surface area contributed by atoms with Gasteiger partial charge in [-0.2, -0.15) is 0 Å². The molecule has 1 saturated heterocycles. The van der Waals surface area contributed by atoms with Crippen molar-refractivity contribution in [2.75, 3.05) is 31.1 Å². The summed E-state index contributed by atoms with van der Waals surface area (Å²) in [6, 6.07) is 14.9. The van der Waals surface area contributed by atoms with Crippen LogP contribution in [-0.4, -0.2) is 43.1 Å². The molecule has 0 unspecified atom stereocenters. The van der Waals surface area contributed by atoms with Crippen LogP contribution in [0.1, 0.15) is 35.7 Å². The largest absolute Gasteiger partial charge is 0.466 e. The third-order valence-electron chi connectivity index (χ3n) is 6.11. The van der Waals surface area contributed by atoms with Crippen LogP contribution in [0.2, 0.25) is 10.0 Å². The van der Waals surface area contributed by atoms with E-state index < -0.39 is 0 Å². The van der Waals surface area contributed by atoms with Gasteiger partial charge in [-0.1, -0.05) is 41.4 Å². The Morgan fingerprint density at radius 3 is 2.56 bits per heavy atom. The van der Waals surface area contributed by atoms with E-state index in [1.54, 1.807) is 6.07 Å². The van der Waals surface area contributed by atoms with Gasteiger partial charge in [0.05, 0.1) is 28.6 Å². The van der Waals surface area contributed by atoms with Crippen molar-refractivity contribution in [1.29, 1.82) is 0 Å². The van der Waals surface area contributed by atoms with E-state index in [-0.39, 0.29) is 17.8 Å². The first-order chi connectivity index (χ1) is 16.5. The van der Waals surface area contributed by atoms with E-state index >= 15 is 0 Å². The number of halogens is 2. The van der Waals surface area contributed by atoms with Crippen LogP contribution in [0, 0.1) is 5.92 Å². The average molecular weight is 500 g/mol. The highest BCUT2D eigenvalue weighted by molar-refractivity contribution is 6.35. The van der Waals surface area contributed by atoms with E-state index in [4.69, 9.17) is 32.9 Å². The molecule has 4 rings (SSSR count). The molecule has 34 heavy (non-hydrogen) atoms. The Bertz CT molecular complexity index is 1190. The fourth-order valence-corrected chi connectivity index (χ4v) is 4.76. The summed E-state index contributed by atoms with van der Waals surface area (Å²) in [5.74, 6) is 0.402. The molecular formula is C26H27Cl2N3O3. The zero-order chi connectivity index (χ0) is 24.1. The molecule has 2 heterocycles. The molecular weight excluding hydrogens is 473 g/mol. The van der Waals surface area contributed by atoms with Gasteiger partial charge in [-0.05, 0) is 62.1 Å². The maximum Gasteiger partial charge on any atom is 0.309 e. The highest BCUT2D eigenvalue weighted by atomic mass is 35.5. The van der Waals surface area contributed by atoms with E-state index in [0.717, 1.165) is 37.3 Å². The van der Waals surface area contributed by atoms with Crippen LogP contribution in [0.3, 0.4) is 0 Å². The molecule has 0 spiro atoms. The molecule has 1 aromatic heterocycles. The van der Waals surface area contributed by atoms with E-state index in [2.05, 4.69) is 10.2 Å². The highest BCUT2D eigenvalue weighted by Crippen LogP contribution is 2.29. The van der Waals surface area contributed by atoms with Crippen molar-refractivity contribution >= 4 is 51.8 Å². The second kappa shape index (κ2) is 11.1. The molecule has 0 radical (unpaired) electrons. The molecule has 0 aliphatic carbocycles. The lowest BCUT2D eigenvalue weighted by atomic mass is 9.97. The quantitative estimate of drug-likeness (QED) is 0.447. The number of pyridine rings is 1. The maximum atomic E-state index is 13.0. The number of carbonyl (C=O) groups excluding carboxylic acids is 2. The minimum atomic E-state index is -0.243. The smallest absolute Gasteiger partial charge is 0.309 e. The zero-order valence-electron chi connectivity index (χ0n) is 19.0. The number of hydrogen-bond acceptors (Lipinski definition) is 5. The molecule has 1 aliphatic rings. The van der Waals surface area contributed by atoms with Gasteiger partial charge in [0.25, 0.3) is 5.91 Å². The molecule has 8 heteroatoms. The molecule has 0 bridgehead atoms. The predicted molar refractivity (Wildman–Crippen MR) is 136 cm³/mol. The first kappa shape index (κ1) is 24.3. The molecule has 0 atom stereocenters. The number of piperidine rings is 1. The number of anilines is 1. The van der Waals surface area contributed by atoms with Gasteiger partial charge >= 0.3 is 5.97 Å². The summed E-state index contributed by atoms with van der Waals surface area (Å²) in [6.45, 7) is 4.13. The van der Waals surface area contributed by atoms with Crippen molar-refractivity contribution in [3.05, 3.63) is 69.7 Å². The molecule has 0 saturated carbocycles. The van der Waals surface area contributed by atoms with E-state index in [1.165, 1.54) is 0 Å². The SMILES string of the molecule is CCOC(=O)C1CCN(c2ccc3c(C(=O)NCCc4ccccc4Cl)c(Cl)ccc3n2)CC1. The summed E-state index contributed by atoms with van der Waals surface area (Å²) in [4.78, 5) is 31.9. The Morgan fingerprint density at radius 1 is 1.06 bits per heavy atom. The summed E-state index contributed by atoms with van der Waals surface area (Å²) in [7, 11) is 0. The number of aromatic nitrogens is 1. The van der Waals surface area contributed by atoms with Gasteiger partial charge < -0.3 is 15.0 Å². The Balaban J connectivity index is 1.46. The Morgan fingerprint density at radius 2 is 1.82 bits per heavy atom. The number of ether oxygens (including phenoxy) is 1. The van der Waals surface area contributed by atoms with Crippen LogP contribution in [0.4, 0.5) is 5.82 Å². The van der Waals surface area contributed by atoms with Gasteiger partial charge in [-0.3, -0.25) is 9.59 Å². The van der Waals surface area contributed by atoms with Gasteiger partial charge in [-0.15, -0.1) is 0 Å². The molecule has 1 N–H and O–H groups in total. The molecule has 6 nitrogen and oxygen atoms in total. The van der Waals surface area contributed by atoms with Crippen molar-refractivity contribution in [3.8, 4) is 0 Å². The maximum absolute atomic E-state index is 13.0. The van der Waals surface area contributed by atoms with Crippen LogP contribution in [0.25, 0.3) is 10.9 Å². The summed E-state index contributed by atoms with van der Waals surface area (Å²) < 4.78 is 5.16. The third kappa shape index (κ3) is 5.45. The molecule has 178 valence electrons. The normalized spacial score (nSPS) is 14.3. The number of esters is 1. The van der Waals surface area contributed by atoms with Gasteiger partial charge in [-0.25, -0.2) is 4.98 Å². The monoisotopic (exact) mass is 499 g/mol. The van der Waals surface area contributed by atoms with Crippen molar-refractivity contribution in [2.24, 2.45) is 5.92 Å². The number of fused-ring (bicyclic) bond motifs is 1. The van der Waals surface area contributed by atoms with Crippen LogP contribution in [0.15, 0.2) is 48.5 Å². The van der Waals surface area contributed by atoms with Crippen molar-refractivity contribution in [2.45, 2.75) is 26.2 Å². The van der Waals surface area contributed by atoms with Crippen molar-refractivity contribution < 1.29 is 14.3 Å². The number of nitrogens with zero attached hydrogens (tertiary/aromatic N) is 2. The minimum absolute atomic E-state index is 0.0588. The number of hydrogen-bond donors (Lipinski definition) is 1. The van der Waals surface area contributed by atoms with Gasteiger partial charge in [0.15, 0.2) is 0 Å². The second-order valence-electron chi connectivity index (χ2n) is 8.27. The number of nitrogens with one attached hydrogen (secondary N) is 1. The summed E-state index contributed by atoms with van der Waals surface area (Å²) >= 11 is 12.6. The van der Waals surface area contributed by atoms with Crippen LogP contribution in [-0.2, 0) is 16.0 Å². The van der Waals surface area contributed by atoms with E-state index in [9.17, 15) is 9.59 Å². The number of rotatable bonds is 7. The average Bonchev–Trinajstić information content (AvgIpc) is 2.85. The minimum Gasteiger partial charge on any atom is -0.466 e. The van der Waals surface area contributed by atoms with Crippen molar-refractivity contribution in [3.63, 3.8) is 0 Å². The highest BCUT2D eigenvalue weighted by Gasteiger charge is 2.27. The summed E-state index contributed by atoms with van der Waals surface area (Å²) in [5.41, 5.74) is 2.09. The number of amides is 1. The first-order valence-electron chi connectivity index (χ1n) is 11.5. The standard InChI is InChI=1S/C26H27Cl2N3O3/c1-2-34-26(33)18-12-15-31(16-13-18)23-10-7-19-22(30-23)9-8-21(28)24(19)25(32)29-14-11-17-5-3-4-6-20(17)27/h3-10,18H,2,11-16H2,1H3,(H,29,32). The number of benzene rings is 2. The van der Waals surface area contributed by atoms with Crippen LogP contribution >= 0.6 is 23.2 Å². The first-order valence-corrected chi connectivity index (χ1v) is 12.3. The second-order valence-corrected chi connectivity index (χ2v) is 9.08. The van der Waals surface area contributed by atoms with Gasteiger partial charge in [0.1, 0.15) is 5.82 Å². The van der Waals surface area contributed by atoms with Crippen molar-refractivity contribution in [1.82, 2.24) is 10.3 Å². The molecule has 1 aliphatic heterocycles. The molecule has 2 aromatic carbocycles. The van der Waals surface area contributed by atoms with Gasteiger partial charge in [0, 0.05) is 30.0 Å². The lowest BCUT2D eigenvalue weighted by Crippen LogP contribution is -2.37. The zero-order valence-corrected chi connectivity index (χ0v) is 20.5. The van der Waals surface area contributed by atoms with E-state index in [1.807, 2.05) is 49.4 Å². The fourth-order valence-electron chi connectivity index (χ4n) is 4.28. The number of carbonyl (C=O) groups is 2. The summed E-state index contributed by atoms with van der Waals surface area (Å²) in [5, 5.41) is 4.71. The Labute approximate surface area is 209 Å². The predicted octanol–water partition coefficient (Wildman–Crippen LogP) is 5.29. The summed E-state index contributed by atoms with van der Waals surface area (Å²) in [6.07, 6.45) is 2.09. The Kier molecular flexibility index (Phi) is 7.91. The molecule has 1 amide bonds. The topological polar surface area (TPSA) is 71.5 Å². The fraction of sp³-hybridized carbons (Fsp3) is 0.346. The molecule has 3 aromatic rings.